The Morgan fingerprint density at radius 1 is 0.800 bits per heavy atom. The van der Waals surface area contributed by atoms with Crippen LogP contribution in [0.25, 0.3) is 0 Å². The maximum atomic E-state index is 12.9. The van der Waals surface area contributed by atoms with Crippen molar-refractivity contribution in [1.29, 1.82) is 0 Å². The number of aliphatic hydroxyl groups excluding tert-OH is 1. The average Bonchev–Trinajstić information content (AvgIpc) is 2.42. The van der Waals surface area contributed by atoms with Gasteiger partial charge in [-0.3, -0.25) is 0 Å². The van der Waals surface area contributed by atoms with Crippen LogP contribution < -0.4 is 0 Å². The van der Waals surface area contributed by atoms with E-state index in [2.05, 4.69) is 0 Å². The molecule has 0 fully saturated rings. The van der Waals surface area contributed by atoms with Gasteiger partial charge in [-0.2, -0.15) is 0 Å². The summed E-state index contributed by atoms with van der Waals surface area (Å²) >= 11 is 0. The number of rotatable bonds is 5. The molecule has 0 saturated carbocycles. The molecule has 106 valence electrons. The van der Waals surface area contributed by atoms with Crippen molar-refractivity contribution in [3.63, 3.8) is 0 Å². The lowest BCUT2D eigenvalue weighted by atomic mass is 9.89. The van der Waals surface area contributed by atoms with Gasteiger partial charge in [0, 0.05) is 0 Å². The van der Waals surface area contributed by atoms with Gasteiger partial charge in [-0.15, -0.1) is 0 Å². The fourth-order valence-corrected chi connectivity index (χ4v) is 2.26. The first kappa shape index (κ1) is 14.7. The normalized spacial score (nSPS) is 12.7. The van der Waals surface area contributed by atoms with Gasteiger partial charge in [-0.25, -0.2) is 8.78 Å². The molecule has 3 heteroatoms. The highest BCUT2D eigenvalue weighted by Crippen LogP contribution is 2.19. The topological polar surface area (TPSA) is 20.2 Å². The van der Waals surface area contributed by atoms with E-state index in [0.29, 0.717) is 12.8 Å². The predicted molar refractivity (Wildman–Crippen MR) is 75.4 cm³/mol. The minimum absolute atomic E-state index is 0.0194. The third-order valence-corrected chi connectivity index (χ3v) is 3.50. The first-order chi connectivity index (χ1) is 9.54. The largest absolute Gasteiger partial charge is 0.393 e. The lowest BCUT2D eigenvalue weighted by Crippen LogP contribution is -2.21. The number of aliphatic hydroxyl groups is 1. The van der Waals surface area contributed by atoms with Crippen molar-refractivity contribution < 1.29 is 13.9 Å². The molecule has 0 amide bonds. The quantitative estimate of drug-likeness (QED) is 0.882. The van der Waals surface area contributed by atoms with Crippen LogP contribution in [0.3, 0.4) is 0 Å². The molecule has 0 aromatic heterocycles. The third-order valence-electron chi connectivity index (χ3n) is 3.50. The SMILES string of the molecule is C[C@H](O)C(Cc1ccc(F)cc1)Cc1ccc(F)cc1. The molecule has 0 bridgehead atoms. The Balaban J connectivity index is 2.07. The van der Waals surface area contributed by atoms with Crippen LogP contribution in [-0.4, -0.2) is 11.2 Å². The summed E-state index contributed by atoms with van der Waals surface area (Å²) in [4.78, 5) is 0. The van der Waals surface area contributed by atoms with Crippen LogP contribution in [0.1, 0.15) is 18.1 Å². The summed E-state index contributed by atoms with van der Waals surface area (Å²) in [5.41, 5.74) is 1.97. The summed E-state index contributed by atoms with van der Waals surface area (Å²) < 4.78 is 25.8. The van der Waals surface area contributed by atoms with Crippen molar-refractivity contribution in [2.75, 3.05) is 0 Å². The second kappa shape index (κ2) is 6.62. The Labute approximate surface area is 117 Å². The van der Waals surface area contributed by atoms with Crippen molar-refractivity contribution in [2.24, 2.45) is 5.92 Å². The van der Waals surface area contributed by atoms with E-state index in [1.807, 2.05) is 0 Å². The monoisotopic (exact) mass is 276 g/mol. The lowest BCUT2D eigenvalue weighted by molar-refractivity contribution is 0.125. The van der Waals surface area contributed by atoms with Crippen molar-refractivity contribution in [3.05, 3.63) is 71.3 Å². The maximum absolute atomic E-state index is 12.9. The van der Waals surface area contributed by atoms with E-state index < -0.39 is 6.10 Å². The molecule has 20 heavy (non-hydrogen) atoms. The van der Waals surface area contributed by atoms with Crippen LogP contribution in [0.15, 0.2) is 48.5 Å². The highest BCUT2D eigenvalue weighted by atomic mass is 19.1. The summed E-state index contributed by atoms with van der Waals surface area (Å²) in [6.07, 6.45) is 0.843. The Morgan fingerprint density at radius 3 is 1.45 bits per heavy atom. The van der Waals surface area contributed by atoms with Crippen LogP contribution in [0.4, 0.5) is 8.78 Å². The Kier molecular flexibility index (Phi) is 4.85. The second-order valence-corrected chi connectivity index (χ2v) is 5.16. The van der Waals surface area contributed by atoms with Gasteiger partial charge < -0.3 is 5.11 Å². The number of hydrogen-bond acceptors (Lipinski definition) is 1. The van der Waals surface area contributed by atoms with Gasteiger partial charge in [-0.05, 0) is 61.1 Å². The molecule has 0 spiro atoms. The fraction of sp³-hybridized carbons (Fsp3) is 0.294. The summed E-state index contributed by atoms with van der Waals surface area (Å²) in [6.45, 7) is 1.75. The molecular formula is C17H18F2O. The molecular weight excluding hydrogens is 258 g/mol. The van der Waals surface area contributed by atoms with Gasteiger partial charge >= 0.3 is 0 Å². The highest BCUT2D eigenvalue weighted by Gasteiger charge is 2.16. The van der Waals surface area contributed by atoms with E-state index >= 15 is 0 Å². The van der Waals surface area contributed by atoms with Crippen LogP contribution in [0, 0.1) is 17.6 Å². The Bertz CT molecular complexity index is 484. The third kappa shape index (κ3) is 4.14. The van der Waals surface area contributed by atoms with E-state index in [1.165, 1.54) is 24.3 Å². The van der Waals surface area contributed by atoms with Gasteiger partial charge in [0.15, 0.2) is 0 Å². The van der Waals surface area contributed by atoms with Gasteiger partial charge in [0.25, 0.3) is 0 Å². The van der Waals surface area contributed by atoms with Crippen LogP contribution in [0.5, 0.6) is 0 Å². The highest BCUT2D eigenvalue weighted by molar-refractivity contribution is 5.20. The molecule has 0 aliphatic carbocycles. The van der Waals surface area contributed by atoms with E-state index in [4.69, 9.17) is 0 Å². The average molecular weight is 276 g/mol. The molecule has 0 aliphatic heterocycles. The van der Waals surface area contributed by atoms with Gasteiger partial charge in [0.1, 0.15) is 11.6 Å². The van der Waals surface area contributed by atoms with E-state index in [-0.39, 0.29) is 17.6 Å². The predicted octanol–water partition coefficient (Wildman–Crippen LogP) is 3.75. The first-order valence-electron chi connectivity index (χ1n) is 6.71. The smallest absolute Gasteiger partial charge is 0.123 e. The van der Waals surface area contributed by atoms with Crippen molar-refractivity contribution in [1.82, 2.24) is 0 Å². The van der Waals surface area contributed by atoms with E-state index in [1.54, 1.807) is 31.2 Å². The first-order valence-corrected chi connectivity index (χ1v) is 6.71. The molecule has 1 nitrogen and oxygen atoms in total. The van der Waals surface area contributed by atoms with E-state index in [9.17, 15) is 13.9 Å². The van der Waals surface area contributed by atoms with Crippen molar-refractivity contribution >= 4 is 0 Å². The molecule has 1 N–H and O–H groups in total. The molecule has 0 unspecified atom stereocenters. The van der Waals surface area contributed by atoms with Crippen LogP contribution in [-0.2, 0) is 12.8 Å². The van der Waals surface area contributed by atoms with Gasteiger partial charge in [0.2, 0.25) is 0 Å². The number of benzene rings is 2. The molecule has 0 aliphatic rings. The van der Waals surface area contributed by atoms with Crippen molar-refractivity contribution in [3.8, 4) is 0 Å². The zero-order valence-corrected chi connectivity index (χ0v) is 11.4. The maximum Gasteiger partial charge on any atom is 0.123 e. The number of halogens is 2. The minimum Gasteiger partial charge on any atom is -0.393 e. The summed E-state index contributed by atoms with van der Waals surface area (Å²) in [7, 11) is 0. The lowest BCUT2D eigenvalue weighted by Gasteiger charge is -2.20. The van der Waals surface area contributed by atoms with Crippen molar-refractivity contribution in [2.45, 2.75) is 25.9 Å². The van der Waals surface area contributed by atoms with E-state index in [0.717, 1.165) is 11.1 Å². The summed E-state index contributed by atoms with van der Waals surface area (Å²) in [6, 6.07) is 12.6. The van der Waals surface area contributed by atoms with Crippen LogP contribution >= 0.6 is 0 Å². The molecule has 0 radical (unpaired) electrons. The Morgan fingerprint density at radius 2 is 1.15 bits per heavy atom. The zero-order chi connectivity index (χ0) is 14.5. The molecule has 0 saturated heterocycles. The molecule has 0 heterocycles. The van der Waals surface area contributed by atoms with Gasteiger partial charge in [-0.1, -0.05) is 24.3 Å². The minimum atomic E-state index is -0.481. The van der Waals surface area contributed by atoms with Crippen LogP contribution in [0.2, 0.25) is 0 Å². The molecule has 2 aromatic carbocycles. The molecule has 1 atom stereocenters. The summed E-state index contributed by atoms with van der Waals surface area (Å²) in [5.74, 6) is -0.507. The zero-order valence-electron chi connectivity index (χ0n) is 11.4. The summed E-state index contributed by atoms with van der Waals surface area (Å²) in [5, 5.41) is 9.90. The second-order valence-electron chi connectivity index (χ2n) is 5.16. The standard InChI is InChI=1S/C17H18F2O/c1-12(20)15(10-13-2-6-16(18)7-3-13)11-14-4-8-17(19)9-5-14/h2-9,12,15,20H,10-11H2,1H3/t12-/m0/s1. The Hall–Kier alpha value is -1.74. The van der Waals surface area contributed by atoms with Gasteiger partial charge in [0.05, 0.1) is 6.10 Å². The fourth-order valence-electron chi connectivity index (χ4n) is 2.26. The number of hydrogen-bond donors (Lipinski definition) is 1. The molecule has 2 aromatic rings. The molecule has 2 rings (SSSR count).